The van der Waals surface area contributed by atoms with Gasteiger partial charge in [0.1, 0.15) is 17.1 Å². The van der Waals surface area contributed by atoms with E-state index in [1.807, 2.05) is 44.2 Å². The van der Waals surface area contributed by atoms with Crippen molar-refractivity contribution in [1.29, 1.82) is 0 Å². The van der Waals surface area contributed by atoms with E-state index in [9.17, 15) is 9.90 Å². The minimum absolute atomic E-state index is 0.0881. The number of nitrogens with zero attached hydrogens (tertiary/aromatic N) is 6. The van der Waals surface area contributed by atoms with Crippen LogP contribution in [-0.2, 0) is 7.05 Å². The summed E-state index contributed by atoms with van der Waals surface area (Å²) in [4.78, 5) is 26.6. The molecule has 1 N–H and O–H groups in total. The molecule has 0 spiro atoms. The summed E-state index contributed by atoms with van der Waals surface area (Å²) >= 11 is 0. The van der Waals surface area contributed by atoms with Gasteiger partial charge in [0.2, 0.25) is 5.88 Å². The predicted octanol–water partition coefficient (Wildman–Crippen LogP) is 4.55. The number of methoxy groups -OCH3 is 1. The minimum Gasteiger partial charge on any atom is -0.505 e. The Morgan fingerprint density at radius 3 is 2.27 bits per heavy atom. The van der Waals surface area contributed by atoms with Crippen LogP contribution in [0.1, 0.15) is 32.0 Å². The van der Waals surface area contributed by atoms with Gasteiger partial charge in [0.15, 0.2) is 0 Å². The summed E-state index contributed by atoms with van der Waals surface area (Å²) < 4.78 is 8.79. The van der Waals surface area contributed by atoms with E-state index in [2.05, 4.69) is 35.6 Å². The van der Waals surface area contributed by atoms with Crippen molar-refractivity contribution < 1.29 is 9.84 Å². The zero-order chi connectivity index (χ0) is 28.8. The third kappa shape index (κ3) is 5.09. The van der Waals surface area contributed by atoms with Crippen molar-refractivity contribution >= 4 is 5.69 Å². The maximum absolute atomic E-state index is 12.5. The Morgan fingerprint density at radius 1 is 0.950 bits per heavy atom. The second-order valence-electron chi connectivity index (χ2n) is 11.5. The maximum atomic E-state index is 12.5. The van der Waals surface area contributed by atoms with Crippen LogP contribution >= 0.6 is 0 Å². The molecule has 9 heteroatoms. The number of anilines is 1. The number of hydrogen-bond donors (Lipinski definition) is 1. The number of aromatic hydroxyl groups is 1. The van der Waals surface area contributed by atoms with E-state index < -0.39 is 0 Å². The zero-order valence-corrected chi connectivity index (χ0v) is 24.4. The van der Waals surface area contributed by atoms with E-state index in [4.69, 9.17) is 9.72 Å². The van der Waals surface area contributed by atoms with Gasteiger partial charge in [-0.2, -0.15) is 0 Å². The van der Waals surface area contributed by atoms with Gasteiger partial charge in [-0.1, -0.05) is 6.07 Å². The van der Waals surface area contributed by atoms with Crippen molar-refractivity contribution in [2.75, 3.05) is 38.2 Å². The van der Waals surface area contributed by atoms with Crippen molar-refractivity contribution in [2.24, 2.45) is 7.05 Å². The fraction of sp³-hybridized carbons (Fsp3) is 0.387. The zero-order valence-electron chi connectivity index (χ0n) is 24.4. The largest absolute Gasteiger partial charge is 0.505 e. The molecule has 4 heterocycles. The molecule has 0 saturated carbocycles. The second-order valence-corrected chi connectivity index (χ2v) is 11.5. The quantitative estimate of drug-likeness (QED) is 0.396. The molecule has 0 unspecified atom stereocenters. The van der Waals surface area contributed by atoms with Crippen molar-refractivity contribution in [1.82, 2.24) is 24.0 Å². The number of hydrogen-bond acceptors (Lipinski definition) is 7. The van der Waals surface area contributed by atoms with Crippen molar-refractivity contribution in [2.45, 2.75) is 40.2 Å². The topological polar surface area (TPSA) is 88.6 Å². The molecule has 40 heavy (non-hydrogen) atoms. The molecule has 1 fully saturated rings. The van der Waals surface area contributed by atoms with Crippen LogP contribution in [0.15, 0.2) is 53.7 Å². The number of piperazine rings is 1. The van der Waals surface area contributed by atoms with E-state index in [1.54, 1.807) is 41.9 Å². The molecule has 0 atom stereocenters. The van der Waals surface area contributed by atoms with Crippen LogP contribution in [-0.4, -0.2) is 67.9 Å². The first-order valence-electron chi connectivity index (χ1n) is 13.6. The molecule has 4 aromatic rings. The van der Waals surface area contributed by atoms with Crippen LogP contribution in [0.2, 0.25) is 0 Å². The van der Waals surface area contributed by atoms with Crippen LogP contribution in [0.4, 0.5) is 5.69 Å². The molecule has 0 amide bonds. The van der Waals surface area contributed by atoms with Gasteiger partial charge in [-0.15, -0.1) is 0 Å². The number of benzene rings is 1. The van der Waals surface area contributed by atoms with E-state index in [0.717, 1.165) is 59.9 Å². The van der Waals surface area contributed by atoms with E-state index >= 15 is 0 Å². The Kier molecular flexibility index (Phi) is 7.18. The fourth-order valence-corrected chi connectivity index (χ4v) is 5.40. The molecule has 210 valence electrons. The lowest BCUT2D eigenvalue weighted by Gasteiger charge is -2.43. The summed E-state index contributed by atoms with van der Waals surface area (Å²) in [6.45, 7) is 14.2. The van der Waals surface area contributed by atoms with Gasteiger partial charge in [-0.05, 0) is 70.0 Å². The smallest absolute Gasteiger partial charge is 0.332 e. The number of ether oxygens (including phenoxy) is 1. The Labute approximate surface area is 235 Å². The summed E-state index contributed by atoms with van der Waals surface area (Å²) in [6.07, 6.45) is 5.20. The molecule has 1 saturated heterocycles. The highest BCUT2D eigenvalue weighted by Crippen LogP contribution is 2.40. The lowest BCUT2D eigenvalue weighted by atomic mass is 9.98. The third-order valence-corrected chi connectivity index (χ3v) is 7.70. The molecule has 1 aromatic carbocycles. The molecular formula is C31H38N6O3. The highest BCUT2D eigenvalue weighted by molar-refractivity contribution is 5.82. The Hall–Kier alpha value is -4.11. The van der Waals surface area contributed by atoms with E-state index in [-0.39, 0.29) is 17.0 Å². The lowest BCUT2D eigenvalue weighted by Crippen LogP contribution is -2.53. The highest BCUT2D eigenvalue weighted by Gasteiger charge is 2.28. The normalized spacial score (nSPS) is 14.5. The first kappa shape index (κ1) is 27.5. The first-order chi connectivity index (χ1) is 19.0. The van der Waals surface area contributed by atoms with Crippen LogP contribution in [0.3, 0.4) is 0 Å². The predicted molar refractivity (Wildman–Crippen MR) is 159 cm³/mol. The number of imidazole rings is 1. The highest BCUT2D eigenvalue weighted by atomic mass is 16.5. The van der Waals surface area contributed by atoms with Crippen LogP contribution in [0.5, 0.6) is 11.6 Å². The van der Waals surface area contributed by atoms with Crippen LogP contribution < -0.4 is 15.3 Å². The summed E-state index contributed by atoms with van der Waals surface area (Å²) in [7, 11) is 3.36. The summed E-state index contributed by atoms with van der Waals surface area (Å²) in [6, 6.07) is 9.71. The molecule has 9 nitrogen and oxygen atoms in total. The van der Waals surface area contributed by atoms with Crippen molar-refractivity contribution in [3.8, 4) is 39.7 Å². The average Bonchev–Trinajstić information content (AvgIpc) is 3.26. The molecule has 1 aliphatic rings. The number of aromatic nitrogens is 4. The van der Waals surface area contributed by atoms with Gasteiger partial charge >= 0.3 is 5.69 Å². The van der Waals surface area contributed by atoms with Gasteiger partial charge in [0.05, 0.1) is 12.8 Å². The monoisotopic (exact) mass is 542 g/mol. The number of pyridine rings is 2. The first-order valence-corrected chi connectivity index (χ1v) is 13.6. The molecule has 0 aliphatic carbocycles. The van der Waals surface area contributed by atoms with Gasteiger partial charge in [-0.3, -0.25) is 9.47 Å². The minimum atomic E-state index is -0.108. The SMILES string of the molecule is COc1ncc(-c2nc(C)cc(-c3ccc(-n4ccn(C)c4=O)c(C)c3)c2O)cc1N1CCN(C(C)(C)C)CC1. The van der Waals surface area contributed by atoms with Gasteiger partial charge in [0.25, 0.3) is 0 Å². The molecule has 3 aromatic heterocycles. The van der Waals surface area contributed by atoms with Gasteiger partial charge in [0, 0.05) is 74.2 Å². The van der Waals surface area contributed by atoms with E-state index in [1.165, 1.54) is 0 Å². The van der Waals surface area contributed by atoms with Crippen molar-refractivity contribution in [3.63, 3.8) is 0 Å². The van der Waals surface area contributed by atoms with Crippen LogP contribution in [0, 0.1) is 13.8 Å². The third-order valence-electron chi connectivity index (χ3n) is 7.70. The average molecular weight is 543 g/mol. The van der Waals surface area contributed by atoms with Gasteiger partial charge < -0.3 is 19.3 Å². The Bertz CT molecular complexity index is 1610. The lowest BCUT2D eigenvalue weighted by molar-refractivity contribution is 0.128. The fourth-order valence-electron chi connectivity index (χ4n) is 5.40. The maximum Gasteiger partial charge on any atom is 0.332 e. The Morgan fingerprint density at radius 2 is 1.68 bits per heavy atom. The Balaban J connectivity index is 1.51. The standard InChI is InChI=1S/C31H38N6O3/c1-20-16-22(8-9-25(20)37-15-10-34(6)30(37)39)24-17-21(2)33-27(28(24)38)23-18-26(29(40-7)32-19-23)35-11-13-36(14-12-35)31(3,4)5/h8-10,15-19,38H,11-14H2,1-7H3. The number of rotatable bonds is 5. The summed E-state index contributed by atoms with van der Waals surface area (Å²) in [5.41, 5.74) is 6.12. The molecule has 5 rings (SSSR count). The molecule has 0 radical (unpaired) electrons. The van der Waals surface area contributed by atoms with Gasteiger partial charge in [-0.25, -0.2) is 14.8 Å². The van der Waals surface area contributed by atoms with Crippen LogP contribution in [0.25, 0.3) is 28.1 Å². The van der Waals surface area contributed by atoms with E-state index in [0.29, 0.717) is 17.1 Å². The summed E-state index contributed by atoms with van der Waals surface area (Å²) in [5.74, 6) is 0.646. The number of aryl methyl sites for hydroxylation is 3. The van der Waals surface area contributed by atoms with Crippen molar-refractivity contribution in [3.05, 3.63) is 70.7 Å². The molecule has 1 aliphatic heterocycles. The molecule has 0 bridgehead atoms. The second kappa shape index (κ2) is 10.5. The molecular weight excluding hydrogens is 504 g/mol. The summed E-state index contributed by atoms with van der Waals surface area (Å²) in [5, 5.41) is 11.5.